The van der Waals surface area contributed by atoms with Crippen LogP contribution >= 0.6 is 0 Å². The summed E-state index contributed by atoms with van der Waals surface area (Å²) in [6, 6.07) is 0. The Labute approximate surface area is 166 Å². The van der Waals surface area contributed by atoms with Crippen LogP contribution in [0, 0.1) is 0 Å². The third kappa shape index (κ3) is 11.6. The van der Waals surface area contributed by atoms with Gasteiger partial charge in [-0.25, -0.2) is 0 Å². The molecule has 1 N–H and O–H groups in total. The molecule has 0 heterocycles. The van der Waals surface area contributed by atoms with E-state index in [1.165, 1.54) is 0 Å². The average molecular weight is 430 g/mol. The predicted octanol–water partition coefficient (Wildman–Crippen LogP) is 1.70. The van der Waals surface area contributed by atoms with Crippen molar-refractivity contribution in [1.82, 2.24) is 5.32 Å². The van der Waals surface area contributed by atoms with Crippen LogP contribution < -0.4 is 5.32 Å². The molecule has 0 rings (SSSR count). The molecule has 0 amide bonds. The highest BCUT2D eigenvalue weighted by Crippen LogP contribution is 2.12. The van der Waals surface area contributed by atoms with Gasteiger partial charge in [-0.1, -0.05) is 0 Å². The van der Waals surface area contributed by atoms with Gasteiger partial charge in [0.1, 0.15) is 0 Å². The maximum absolute atomic E-state index is 5.82. The Morgan fingerprint density at radius 3 is 0.926 bits per heavy atom. The van der Waals surface area contributed by atoms with Crippen LogP contribution in [0.15, 0.2) is 0 Å². The molecular formula is C16H39NO8Si2. The molecule has 0 radical (unpaired) electrons. The Hall–Kier alpha value is 0.0738. The minimum absolute atomic E-state index is 0.414. The molecule has 0 fully saturated rings. The number of hydrogen-bond donors (Lipinski definition) is 1. The van der Waals surface area contributed by atoms with Crippen LogP contribution in [-0.2, 0) is 35.4 Å². The molecule has 0 saturated carbocycles. The van der Waals surface area contributed by atoms with E-state index >= 15 is 0 Å². The van der Waals surface area contributed by atoms with Crippen molar-refractivity contribution in [3.8, 4) is 0 Å². The first-order valence-electron chi connectivity index (χ1n) is 9.89. The van der Waals surface area contributed by atoms with Gasteiger partial charge in [0.05, 0.1) is 13.2 Å². The van der Waals surface area contributed by atoms with Gasteiger partial charge in [-0.15, -0.1) is 0 Å². The van der Waals surface area contributed by atoms with Gasteiger partial charge in [0, 0.05) is 52.7 Å². The van der Waals surface area contributed by atoms with Gasteiger partial charge in [-0.2, -0.15) is 0 Å². The SMILES string of the molecule is CCO[Si](OCC)(OCC)OCCNCCO[Si](OCC)(OCC)OCC. The Morgan fingerprint density at radius 1 is 0.444 bits per heavy atom. The fraction of sp³-hybridized carbons (Fsp3) is 1.00. The van der Waals surface area contributed by atoms with Gasteiger partial charge in [0.15, 0.2) is 0 Å². The van der Waals surface area contributed by atoms with Gasteiger partial charge in [0.25, 0.3) is 0 Å². The molecule has 11 heteroatoms. The second-order valence-corrected chi connectivity index (χ2v) is 9.35. The van der Waals surface area contributed by atoms with Crippen molar-refractivity contribution >= 4 is 18.1 Å². The molecule has 0 atom stereocenters. The first-order valence-corrected chi connectivity index (χ1v) is 13.2. The summed E-state index contributed by atoms with van der Waals surface area (Å²) in [4.78, 5) is 0. The van der Waals surface area contributed by atoms with E-state index in [0.29, 0.717) is 65.9 Å². The lowest BCUT2D eigenvalue weighted by Gasteiger charge is -2.27. The summed E-state index contributed by atoms with van der Waals surface area (Å²) in [6.45, 7) is 16.3. The molecule has 0 aliphatic heterocycles. The Bertz CT molecular complexity index is 278. The summed E-state index contributed by atoms with van der Waals surface area (Å²) in [5.74, 6) is 0. The van der Waals surface area contributed by atoms with Crippen molar-refractivity contribution in [3.63, 3.8) is 0 Å². The Balaban J connectivity index is 4.24. The van der Waals surface area contributed by atoms with Crippen molar-refractivity contribution in [2.24, 2.45) is 0 Å². The second kappa shape index (κ2) is 17.0. The molecule has 0 aliphatic carbocycles. The maximum Gasteiger partial charge on any atom is 0.679 e. The van der Waals surface area contributed by atoms with Crippen molar-refractivity contribution in [2.75, 3.05) is 65.9 Å². The normalized spacial score (nSPS) is 12.7. The highest BCUT2D eigenvalue weighted by molar-refractivity contribution is 6.53. The van der Waals surface area contributed by atoms with Crippen LogP contribution in [0.25, 0.3) is 0 Å². The lowest BCUT2D eigenvalue weighted by Crippen LogP contribution is -2.51. The van der Waals surface area contributed by atoms with Gasteiger partial charge in [-0.3, -0.25) is 0 Å². The van der Waals surface area contributed by atoms with Gasteiger partial charge in [0.2, 0.25) is 0 Å². The summed E-state index contributed by atoms with van der Waals surface area (Å²) in [7, 11) is -6.10. The molecule has 164 valence electrons. The molecule has 0 spiro atoms. The van der Waals surface area contributed by atoms with E-state index in [1.54, 1.807) is 0 Å². The Morgan fingerprint density at radius 2 is 0.704 bits per heavy atom. The topological polar surface area (TPSA) is 85.9 Å². The summed E-state index contributed by atoms with van der Waals surface area (Å²) < 4.78 is 45.5. The van der Waals surface area contributed by atoms with Crippen molar-refractivity contribution in [2.45, 2.75) is 41.5 Å². The summed E-state index contributed by atoms with van der Waals surface area (Å²) >= 11 is 0. The Kier molecular flexibility index (Phi) is 17.0. The van der Waals surface area contributed by atoms with Gasteiger partial charge < -0.3 is 40.7 Å². The zero-order chi connectivity index (χ0) is 20.4. The molecular weight excluding hydrogens is 390 g/mol. The number of rotatable bonds is 20. The molecule has 0 unspecified atom stereocenters. The first-order chi connectivity index (χ1) is 13.1. The highest BCUT2D eigenvalue weighted by Gasteiger charge is 2.45. The van der Waals surface area contributed by atoms with Crippen LogP contribution in [-0.4, -0.2) is 84.0 Å². The fourth-order valence-electron chi connectivity index (χ4n) is 2.18. The molecule has 0 aromatic rings. The second-order valence-electron chi connectivity index (χ2n) is 5.04. The van der Waals surface area contributed by atoms with Crippen LogP contribution in [0.2, 0.25) is 0 Å². The fourth-order valence-corrected chi connectivity index (χ4v) is 6.01. The zero-order valence-electron chi connectivity index (χ0n) is 17.8. The molecule has 0 aromatic carbocycles. The molecule has 0 saturated heterocycles. The summed E-state index contributed by atoms with van der Waals surface area (Å²) in [5.41, 5.74) is 0. The van der Waals surface area contributed by atoms with E-state index in [1.807, 2.05) is 41.5 Å². The first kappa shape index (κ1) is 27.1. The van der Waals surface area contributed by atoms with Crippen molar-refractivity contribution < 1.29 is 35.4 Å². The standard InChI is InChI=1S/C16H39NO8Si2/c1-7-18-26(19-8-2,20-9-3)24-15-13-17-14-16-25-27(21-10-4,22-11-5)23-12-6/h17H,7-16H2,1-6H3. The summed E-state index contributed by atoms with van der Waals surface area (Å²) in [6.07, 6.45) is 0. The van der Waals surface area contributed by atoms with E-state index in [4.69, 9.17) is 35.4 Å². The lowest BCUT2D eigenvalue weighted by molar-refractivity contribution is -0.0288. The van der Waals surface area contributed by atoms with Crippen LogP contribution in [0.5, 0.6) is 0 Å². The quantitative estimate of drug-likeness (QED) is 0.229. The minimum Gasteiger partial charge on any atom is -0.351 e. The molecule has 0 aliphatic rings. The van der Waals surface area contributed by atoms with E-state index in [-0.39, 0.29) is 0 Å². The van der Waals surface area contributed by atoms with Crippen LogP contribution in [0.4, 0.5) is 0 Å². The van der Waals surface area contributed by atoms with E-state index in [9.17, 15) is 0 Å². The maximum atomic E-state index is 5.82. The van der Waals surface area contributed by atoms with Gasteiger partial charge in [-0.05, 0) is 41.5 Å². The van der Waals surface area contributed by atoms with E-state index in [2.05, 4.69) is 5.32 Å². The predicted molar refractivity (Wildman–Crippen MR) is 106 cm³/mol. The van der Waals surface area contributed by atoms with Crippen LogP contribution in [0.3, 0.4) is 0 Å². The average Bonchev–Trinajstić information content (AvgIpc) is 2.62. The third-order valence-electron chi connectivity index (χ3n) is 3.04. The lowest BCUT2D eigenvalue weighted by atomic mass is 10.6. The van der Waals surface area contributed by atoms with Crippen molar-refractivity contribution in [1.29, 1.82) is 0 Å². The molecule has 9 nitrogen and oxygen atoms in total. The highest BCUT2D eigenvalue weighted by atomic mass is 28.4. The smallest absolute Gasteiger partial charge is 0.351 e. The summed E-state index contributed by atoms with van der Waals surface area (Å²) in [5, 5.41) is 3.24. The van der Waals surface area contributed by atoms with Gasteiger partial charge >= 0.3 is 18.1 Å². The zero-order valence-corrected chi connectivity index (χ0v) is 19.8. The number of hydrogen-bond acceptors (Lipinski definition) is 9. The minimum atomic E-state index is -3.05. The van der Waals surface area contributed by atoms with Crippen LogP contribution in [0.1, 0.15) is 41.5 Å². The van der Waals surface area contributed by atoms with Crippen molar-refractivity contribution in [3.05, 3.63) is 0 Å². The molecule has 0 bridgehead atoms. The molecule has 0 aromatic heterocycles. The van der Waals surface area contributed by atoms with E-state index < -0.39 is 18.1 Å². The third-order valence-corrected chi connectivity index (χ3v) is 8.01. The largest absolute Gasteiger partial charge is 0.679 e. The number of nitrogens with one attached hydrogen (secondary N) is 1. The van der Waals surface area contributed by atoms with E-state index in [0.717, 1.165) is 0 Å². The monoisotopic (exact) mass is 429 g/mol. The molecule has 27 heavy (non-hydrogen) atoms.